The number of hydrogen-bond acceptors (Lipinski definition) is 1. The third-order valence-electron chi connectivity index (χ3n) is 3.96. The minimum atomic E-state index is -4.33. The van der Waals surface area contributed by atoms with Gasteiger partial charge in [-0.15, -0.1) is 0 Å². The molecule has 0 aliphatic heterocycles. The maximum atomic E-state index is 13.1. The van der Waals surface area contributed by atoms with Gasteiger partial charge in [-0.2, -0.15) is 13.2 Å². The van der Waals surface area contributed by atoms with Gasteiger partial charge < -0.3 is 4.57 Å². The summed E-state index contributed by atoms with van der Waals surface area (Å²) in [6.07, 6.45) is 2.71. The lowest BCUT2D eigenvalue weighted by atomic mass is 9.91. The van der Waals surface area contributed by atoms with Crippen LogP contribution in [-0.4, -0.2) is 17.0 Å². The fourth-order valence-corrected chi connectivity index (χ4v) is 2.93. The summed E-state index contributed by atoms with van der Waals surface area (Å²) in [6, 6.07) is 7.24. The van der Waals surface area contributed by atoms with Crippen molar-refractivity contribution in [2.24, 2.45) is 5.92 Å². The van der Waals surface area contributed by atoms with Crippen LogP contribution in [0.3, 0.4) is 0 Å². The van der Waals surface area contributed by atoms with E-state index < -0.39 is 17.7 Å². The smallest absolute Gasteiger partial charge is 0.346 e. The summed E-state index contributed by atoms with van der Waals surface area (Å²) in [5.74, 6) is -0.639. The molecular formula is C17H14F3NO. The van der Waals surface area contributed by atoms with Crippen LogP contribution in [-0.2, 0) is 6.54 Å². The van der Waals surface area contributed by atoms with Gasteiger partial charge in [0.15, 0.2) is 6.29 Å². The highest BCUT2D eigenvalue weighted by Crippen LogP contribution is 2.37. The normalized spacial score (nSPS) is 18.5. The first-order valence-electron chi connectivity index (χ1n) is 6.97. The zero-order valence-electron chi connectivity index (χ0n) is 11.7. The largest absolute Gasteiger partial charge is 0.413 e. The molecule has 1 aliphatic carbocycles. The van der Waals surface area contributed by atoms with Crippen LogP contribution in [0.25, 0.3) is 10.9 Å². The average Bonchev–Trinajstić information content (AvgIpc) is 2.85. The number of para-hydroxylation sites is 1. The van der Waals surface area contributed by atoms with Crippen LogP contribution in [0.15, 0.2) is 54.3 Å². The molecule has 22 heavy (non-hydrogen) atoms. The van der Waals surface area contributed by atoms with E-state index in [9.17, 15) is 18.0 Å². The minimum absolute atomic E-state index is 0.198. The van der Waals surface area contributed by atoms with Gasteiger partial charge in [0.2, 0.25) is 0 Å². The molecule has 1 atom stereocenters. The molecule has 0 N–H and O–H groups in total. The van der Waals surface area contributed by atoms with E-state index >= 15 is 0 Å². The molecule has 1 aliphatic rings. The molecule has 1 heterocycles. The van der Waals surface area contributed by atoms with Crippen molar-refractivity contribution in [3.05, 3.63) is 59.8 Å². The molecule has 0 spiro atoms. The number of nitrogens with zero attached hydrogens (tertiary/aromatic N) is 1. The van der Waals surface area contributed by atoms with Crippen molar-refractivity contribution >= 4 is 17.2 Å². The number of fused-ring (bicyclic) bond motifs is 1. The number of carbonyl (C=O) groups is 1. The van der Waals surface area contributed by atoms with Crippen molar-refractivity contribution in [2.45, 2.75) is 19.1 Å². The van der Waals surface area contributed by atoms with Crippen molar-refractivity contribution in [2.75, 3.05) is 0 Å². The fraction of sp³-hybridized carbons (Fsp3) is 0.235. The number of allylic oxidation sites excluding steroid dienone is 4. The number of rotatable bonds is 3. The van der Waals surface area contributed by atoms with Gasteiger partial charge in [-0.1, -0.05) is 36.4 Å². The van der Waals surface area contributed by atoms with E-state index in [1.807, 2.05) is 18.2 Å². The third kappa shape index (κ3) is 2.58. The van der Waals surface area contributed by atoms with Crippen LogP contribution in [0.2, 0.25) is 0 Å². The zero-order chi connectivity index (χ0) is 15.7. The van der Waals surface area contributed by atoms with Gasteiger partial charge in [0.25, 0.3) is 0 Å². The first-order chi connectivity index (χ1) is 10.5. The Morgan fingerprint density at radius 2 is 2.05 bits per heavy atom. The Morgan fingerprint density at radius 3 is 2.77 bits per heavy atom. The number of aromatic nitrogens is 1. The van der Waals surface area contributed by atoms with E-state index in [0.29, 0.717) is 12.0 Å². The predicted octanol–water partition coefficient (Wildman–Crippen LogP) is 4.52. The van der Waals surface area contributed by atoms with Crippen molar-refractivity contribution in [3.63, 3.8) is 0 Å². The Labute approximate surface area is 125 Å². The third-order valence-corrected chi connectivity index (χ3v) is 3.96. The fourth-order valence-electron chi connectivity index (χ4n) is 2.93. The molecule has 1 aromatic heterocycles. The van der Waals surface area contributed by atoms with E-state index in [4.69, 9.17) is 0 Å². The van der Waals surface area contributed by atoms with Crippen molar-refractivity contribution in [1.82, 2.24) is 4.57 Å². The summed E-state index contributed by atoms with van der Waals surface area (Å²) >= 11 is 0. The molecular weight excluding hydrogens is 291 g/mol. The van der Waals surface area contributed by atoms with E-state index in [1.165, 1.54) is 6.08 Å². The second-order valence-electron chi connectivity index (χ2n) is 5.35. The molecule has 5 heteroatoms. The second-order valence-corrected chi connectivity index (χ2v) is 5.35. The topological polar surface area (TPSA) is 22.0 Å². The molecule has 0 fully saturated rings. The molecule has 0 amide bonds. The van der Waals surface area contributed by atoms with Crippen LogP contribution in [0.1, 0.15) is 16.8 Å². The number of aldehydes is 1. The number of carbonyl (C=O) groups excluding carboxylic acids is 1. The molecule has 1 unspecified atom stereocenters. The van der Waals surface area contributed by atoms with Gasteiger partial charge >= 0.3 is 6.18 Å². The lowest BCUT2D eigenvalue weighted by molar-refractivity contribution is -0.0997. The van der Waals surface area contributed by atoms with Gasteiger partial charge in [-0.25, -0.2) is 0 Å². The first kappa shape index (κ1) is 14.6. The molecule has 0 saturated heterocycles. The Kier molecular flexibility index (Phi) is 3.64. The number of halogens is 3. The van der Waals surface area contributed by atoms with Gasteiger partial charge in [-0.3, -0.25) is 4.79 Å². The number of benzene rings is 1. The van der Waals surface area contributed by atoms with Gasteiger partial charge in [0, 0.05) is 40.7 Å². The summed E-state index contributed by atoms with van der Waals surface area (Å²) < 4.78 is 41.1. The van der Waals surface area contributed by atoms with E-state index in [-0.39, 0.29) is 6.54 Å². The highest BCUT2D eigenvalue weighted by Gasteiger charge is 2.38. The minimum Gasteiger partial charge on any atom is -0.346 e. The Morgan fingerprint density at radius 1 is 1.27 bits per heavy atom. The van der Waals surface area contributed by atoms with E-state index in [2.05, 4.69) is 0 Å². The van der Waals surface area contributed by atoms with Crippen molar-refractivity contribution in [3.8, 4) is 0 Å². The molecule has 0 radical (unpaired) electrons. The molecule has 114 valence electrons. The van der Waals surface area contributed by atoms with Crippen LogP contribution in [0.5, 0.6) is 0 Å². The Hall–Kier alpha value is -2.30. The quantitative estimate of drug-likeness (QED) is 0.764. The molecule has 3 rings (SSSR count). The van der Waals surface area contributed by atoms with E-state index in [1.54, 1.807) is 22.9 Å². The summed E-state index contributed by atoms with van der Waals surface area (Å²) in [5, 5.41) is 0.765. The first-order valence-corrected chi connectivity index (χ1v) is 6.97. The summed E-state index contributed by atoms with van der Waals surface area (Å²) in [4.78, 5) is 11.1. The number of alkyl halides is 3. The lowest BCUT2D eigenvalue weighted by Gasteiger charge is -2.24. The zero-order valence-corrected chi connectivity index (χ0v) is 11.7. The van der Waals surface area contributed by atoms with Gasteiger partial charge in [-0.05, 0) is 12.5 Å². The maximum Gasteiger partial charge on any atom is 0.413 e. The standard InChI is InChI=1S/C17H14F3NO/c18-17(19,20)15-7-3-1-5-12(15)9-21-10-13(11-22)14-6-2-4-8-16(14)21/h1-4,6-8,10-12H,5,9H2. The molecule has 1 aromatic carbocycles. The summed E-state index contributed by atoms with van der Waals surface area (Å²) in [6.45, 7) is 0.198. The Balaban J connectivity index is 1.98. The molecule has 2 aromatic rings. The van der Waals surface area contributed by atoms with Crippen LogP contribution >= 0.6 is 0 Å². The molecule has 0 saturated carbocycles. The number of hydrogen-bond donors (Lipinski definition) is 0. The average molecular weight is 305 g/mol. The van der Waals surface area contributed by atoms with Crippen molar-refractivity contribution < 1.29 is 18.0 Å². The van der Waals surface area contributed by atoms with Gasteiger partial charge in [0.1, 0.15) is 0 Å². The SMILES string of the molecule is O=Cc1cn(CC2CC=CC=C2C(F)(F)F)c2ccccc12. The van der Waals surface area contributed by atoms with Gasteiger partial charge in [0.05, 0.1) is 0 Å². The van der Waals surface area contributed by atoms with Crippen LogP contribution < -0.4 is 0 Å². The van der Waals surface area contributed by atoms with E-state index in [0.717, 1.165) is 23.3 Å². The van der Waals surface area contributed by atoms with Crippen LogP contribution in [0, 0.1) is 5.92 Å². The monoisotopic (exact) mass is 305 g/mol. The lowest BCUT2D eigenvalue weighted by Crippen LogP contribution is -2.24. The maximum absolute atomic E-state index is 13.1. The predicted molar refractivity (Wildman–Crippen MR) is 78.7 cm³/mol. The molecule has 2 nitrogen and oxygen atoms in total. The highest BCUT2D eigenvalue weighted by atomic mass is 19.4. The summed E-state index contributed by atoms with van der Waals surface area (Å²) in [5.41, 5.74) is 0.764. The van der Waals surface area contributed by atoms with Crippen LogP contribution in [0.4, 0.5) is 13.2 Å². The Bertz CT molecular complexity index is 768. The molecule has 0 bridgehead atoms. The summed E-state index contributed by atoms with van der Waals surface area (Å²) in [7, 11) is 0. The highest BCUT2D eigenvalue weighted by molar-refractivity contribution is 5.97. The van der Waals surface area contributed by atoms with Crippen molar-refractivity contribution in [1.29, 1.82) is 0 Å². The second kappa shape index (κ2) is 5.48.